The number of nitrogens with zero attached hydrogens (tertiary/aromatic N) is 5. The number of allylic oxidation sites excluding steroid dienone is 1. The molecule has 2 aliphatic rings. The van der Waals surface area contributed by atoms with Crippen LogP contribution in [-0.4, -0.2) is 70.6 Å². The quantitative estimate of drug-likeness (QED) is 0.147. The number of hydrogen-bond acceptors (Lipinski definition) is 8. The molecule has 0 radical (unpaired) electrons. The third-order valence-corrected chi connectivity index (χ3v) is 8.05. The highest BCUT2D eigenvalue weighted by Gasteiger charge is 2.40. The van der Waals surface area contributed by atoms with Gasteiger partial charge in [0.15, 0.2) is 5.11 Å². The average Bonchev–Trinajstić information content (AvgIpc) is 3.00. The average molecular weight is 577 g/mol. The number of hydrazine groups is 1. The first-order valence-electron chi connectivity index (χ1n) is 13.3. The number of nitro benzene ring substituents is 1. The number of rotatable bonds is 10. The number of nitriles is 1. The smallest absolute Gasteiger partial charge is 0.338 e. The summed E-state index contributed by atoms with van der Waals surface area (Å²) in [6, 6.07) is 17.4. The molecule has 0 saturated carbocycles. The molecule has 41 heavy (non-hydrogen) atoms. The fourth-order valence-electron chi connectivity index (χ4n) is 5.50. The summed E-state index contributed by atoms with van der Waals surface area (Å²) in [6.45, 7) is 4.21. The number of hydrogen-bond donors (Lipinski definition) is 1. The van der Waals surface area contributed by atoms with Crippen LogP contribution in [0.15, 0.2) is 65.9 Å². The number of amides is 1. The molecule has 0 aliphatic carbocycles. The maximum Gasteiger partial charge on any atom is 0.338 e. The molecule has 1 N–H and O–H groups in total. The van der Waals surface area contributed by atoms with Crippen LogP contribution in [-0.2, 0) is 19.7 Å². The largest absolute Gasteiger partial charge is 0.466 e. The molecule has 2 aliphatic heterocycles. The number of piperidine rings is 1. The van der Waals surface area contributed by atoms with Crippen molar-refractivity contribution in [1.82, 2.24) is 20.2 Å². The minimum atomic E-state index is -0.834. The van der Waals surface area contributed by atoms with Gasteiger partial charge in [0, 0.05) is 24.4 Å². The van der Waals surface area contributed by atoms with E-state index in [1.165, 1.54) is 29.3 Å². The summed E-state index contributed by atoms with van der Waals surface area (Å²) in [6.07, 6.45) is 2.72. The SMILES string of the molecule is COC(=O)C1=C(C)NC(=S)N(N(C=O)CCCN2CCC(C#N)(c3ccccc3)CC2)C1c1ccc([N+](=O)[O-])cc1. The van der Waals surface area contributed by atoms with Crippen LogP contribution in [0.3, 0.4) is 0 Å². The van der Waals surface area contributed by atoms with Gasteiger partial charge in [0.25, 0.3) is 5.69 Å². The number of nitrogens with one attached hydrogen (secondary N) is 1. The zero-order valence-electron chi connectivity index (χ0n) is 23.0. The molecule has 1 atom stereocenters. The molecule has 2 heterocycles. The molecule has 2 aromatic rings. The zero-order valence-corrected chi connectivity index (χ0v) is 23.8. The van der Waals surface area contributed by atoms with E-state index in [1.807, 2.05) is 30.3 Å². The van der Waals surface area contributed by atoms with Crippen molar-refractivity contribution in [3.63, 3.8) is 0 Å². The Morgan fingerprint density at radius 3 is 2.46 bits per heavy atom. The third kappa shape index (κ3) is 6.21. The second-order valence-electron chi connectivity index (χ2n) is 10.1. The Balaban J connectivity index is 1.49. The summed E-state index contributed by atoms with van der Waals surface area (Å²) in [4.78, 5) is 38.2. The Morgan fingerprint density at radius 2 is 1.90 bits per heavy atom. The normalized spacial score (nSPS) is 18.7. The summed E-state index contributed by atoms with van der Waals surface area (Å²) in [7, 11) is 1.27. The lowest BCUT2D eigenvalue weighted by molar-refractivity contribution is -0.384. The number of likely N-dealkylation sites (tertiary alicyclic amines) is 1. The van der Waals surface area contributed by atoms with E-state index >= 15 is 0 Å². The van der Waals surface area contributed by atoms with Crippen LogP contribution in [0.5, 0.6) is 0 Å². The molecular formula is C29H32N6O5S. The zero-order chi connectivity index (χ0) is 29.6. The molecule has 214 valence electrons. The Hall–Kier alpha value is -4.34. The van der Waals surface area contributed by atoms with Crippen LogP contribution in [0.4, 0.5) is 5.69 Å². The van der Waals surface area contributed by atoms with Crippen molar-refractivity contribution in [3.05, 3.63) is 87.1 Å². The number of methoxy groups -OCH3 is 1. The van der Waals surface area contributed by atoms with E-state index in [0.717, 1.165) is 31.5 Å². The number of esters is 1. The number of benzene rings is 2. The minimum Gasteiger partial charge on any atom is -0.466 e. The lowest BCUT2D eigenvalue weighted by Gasteiger charge is -2.44. The van der Waals surface area contributed by atoms with Gasteiger partial charge in [-0.2, -0.15) is 5.26 Å². The lowest BCUT2D eigenvalue weighted by Crippen LogP contribution is -2.56. The molecule has 4 rings (SSSR count). The summed E-state index contributed by atoms with van der Waals surface area (Å²) < 4.78 is 5.04. The number of non-ortho nitro benzene ring substituents is 1. The molecular weight excluding hydrogens is 544 g/mol. The highest BCUT2D eigenvalue weighted by Crippen LogP contribution is 2.37. The standard InChI is InChI=1S/C29H32N6O5S/c1-21-25(27(37)40-2)26(22-9-11-24(12-10-22)35(38)39)34(28(41)31-21)33(20-36)16-6-15-32-17-13-29(19-30,14-18-32)23-7-4-3-5-8-23/h3-5,7-12,20,26H,6,13-18H2,1-2H3,(H,31,41). The second-order valence-corrected chi connectivity index (χ2v) is 10.5. The van der Waals surface area contributed by atoms with Crippen LogP contribution in [0.1, 0.15) is 43.4 Å². The van der Waals surface area contributed by atoms with Gasteiger partial charge in [-0.25, -0.2) is 9.80 Å². The van der Waals surface area contributed by atoms with Gasteiger partial charge in [0.1, 0.15) is 6.04 Å². The van der Waals surface area contributed by atoms with Crippen LogP contribution in [0.25, 0.3) is 0 Å². The van der Waals surface area contributed by atoms with Crippen molar-refractivity contribution in [1.29, 1.82) is 5.26 Å². The maximum absolute atomic E-state index is 12.9. The van der Waals surface area contributed by atoms with E-state index in [0.29, 0.717) is 37.2 Å². The molecule has 2 aromatic carbocycles. The van der Waals surface area contributed by atoms with E-state index in [1.54, 1.807) is 19.1 Å². The lowest BCUT2D eigenvalue weighted by atomic mass is 9.74. The summed E-state index contributed by atoms with van der Waals surface area (Å²) in [5.74, 6) is -0.607. The van der Waals surface area contributed by atoms with E-state index in [-0.39, 0.29) is 16.4 Å². The predicted molar refractivity (Wildman–Crippen MR) is 155 cm³/mol. The van der Waals surface area contributed by atoms with Gasteiger partial charge in [-0.05, 0) is 81.3 Å². The first-order valence-corrected chi connectivity index (χ1v) is 13.7. The second kappa shape index (κ2) is 12.9. The number of thiocarbonyl (C=S) groups is 1. The van der Waals surface area contributed by atoms with Crippen molar-refractivity contribution in [2.24, 2.45) is 0 Å². The first-order chi connectivity index (χ1) is 19.7. The highest BCUT2D eigenvalue weighted by molar-refractivity contribution is 7.80. The van der Waals surface area contributed by atoms with Crippen molar-refractivity contribution in [2.45, 2.75) is 37.6 Å². The summed E-state index contributed by atoms with van der Waals surface area (Å²) in [5, 5.41) is 27.3. The van der Waals surface area contributed by atoms with Gasteiger partial charge in [0.05, 0.1) is 29.1 Å². The molecule has 0 aromatic heterocycles. The van der Waals surface area contributed by atoms with E-state index in [2.05, 4.69) is 16.3 Å². The van der Waals surface area contributed by atoms with E-state index in [4.69, 9.17) is 17.0 Å². The molecule has 0 spiro atoms. The highest BCUT2D eigenvalue weighted by atomic mass is 32.1. The maximum atomic E-state index is 12.9. The Bertz CT molecular complexity index is 1370. The Labute approximate surface area is 244 Å². The molecule has 11 nitrogen and oxygen atoms in total. The Morgan fingerprint density at radius 1 is 1.24 bits per heavy atom. The van der Waals surface area contributed by atoms with Gasteiger partial charge in [-0.1, -0.05) is 30.3 Å². The monoisotopic (exact) mass is 576 g/mol. The molecule has 1 saturated heterocycles. The van der Waals surface area contributed by atoms with Crippen molar-refractivity contribution in [3.8, 4) is 6.07 Å². The number of ether oxygens (including phenoxy) is 1. The summed E-state index contributed by atoms with van der Waals surface area (Å²) >= 11 is 5.61. The molecule has 1 fully saturated rings. The number of carbonyl (C=O) groups is 2. The van der Waals surface area contributed by atoms with E-state index in [9.17, 15) is 25.0 Å². The van der Waals surface area contributed by atoms with Crippen LogP contribution in [0, 0.1) is 21.4 Å². The fourth-order valence-corrected chi connectivity index (χ4v) is 5.87. The van der Waals surface area contributed by atoms with Gasteiger partial charge in [-0.3, -0.25) is 19.9 Å². The molecule has 0 bridgehead atoms. The minimum absolute atomic E-state index is 0.0985. The molecule has 12 heteroatoms. The van der Waals surface area contributed by atoms with Gasteiger partial charge < -0.3 is 15.0 Å². The molecule has 1 amide bonds. The van der Waals surface area contributed by atoms with Crippen molar-refractivity contribution < 1.29 is 19.2 Å². The van der Waals surface area contributed by atoms with Gasteiger partial charge in [0.2, 0.25) is 6.41 Å². The molecule has 1 unspecified atom stereocenters. The van der Waals surface area contributed by atoms with Crippen LogP contribution in [0.2, 0.25) is 0 Å². The van der Waals surface area contributed by atoms with Gasteiger partial charge >= 0.3 is 5.97 Å². The van der Waals surface area contributed by atoms with Gasteiger partial charge in [-0.15, -0.1) is 0 Å². The number of nitro groups is 1. The Kier molecular flexibility index (Phi) is 9.31. The summed E-state index contributed by atoms with van der Waals surface area (Å²) in [5.41, 5.74) is 1.70. The predicted octanol–water partition coefficient (Wildman–Crippen LogP) is 3.59. The van der Waals surface area contributed by atoms with Crippen LogP contribution >= 0.6 is 12.2 Å². The third-order valence-electron chi connectivity index (χ3n) is 7.76. The van der Waals surface area contributed by atoms with Crippen molar-refractivity contribution in [2.75, 3.05) is 33.3 Å². The fraction of sp³-hybridized carbons (Fsp3) is 0.379. The van der Waals surface area contributed by atoms with Crippen molar-refractivity contribution >= 4 is 35.4 Å². The van der Waals surface area contributed by atoms with Crippen LogP contribution < -0.4 is 5.32 Å². The number of carbonyl (C=O) groups excluding carboxylic acids is 2. The van der Waals surface area contributed by atoms with E-state index < -0.39 is 22.3 Å². The first kappa shape index (κ1) is 29.6. The topological polar surface area (TPSA) is 132 Å².